The number of benzene rings is 1. The van der Waals surface area contributed by atoms with Crippen molar-refractivity contribution in [3.05, 3.63) is 23.3 Å². The molecule has 0 saturated heterocycles. The van der Waals surface area contributed by atoms with Crippen LogP contribution in [0.5, 0.6) is 11.5 Å². The van der Waals surface area contributed by atoms with Gasteiger partial charge in [0, 0.05) is 0 Å². The van der Waals surface area contributed by atoms with Crippen LogP contribution in [-0.2, 0) is 4.79 Å². The maximum Gasteiger partial charge on any atom is 0.237 e. The Balaban J connectivity index is 0.00000484. The third-order valence-corrected chi connectivity index (χ3v) is 3.66. The predicted octanol–water partition coefficient (Wildman–Crippen LogP) is 2.98. The maximum absolute atomic E-state index is 12.2. The van der Waals surface area contributed by atoms with Gasteiger partial charge in [-0.05, 0) is 49.4 Å². The van der Waals surface area contributed by atoms with Crippen LogP contribution >= 0.6 is 12.4 Å². The fourth-order valence-electron chi connectivity index (χ4n) is 2.48. The first kappa shape index (κ1) is 21.5. The Bertz CT molecular complexity index is 521. The number of carbonyl (C=O) groups excluding carboxylic acids is 1. The maximum atomic E-state index is 12.2. The summed E-state index contributed by atoms with van der Waals surface area (Å²) >= 11 is 0. The number of ether oxygens (including phenoxy) is 2. The van der Waals surface area contributed by atoms with E-state index in [0.29, 0.717) is 23.8 Å². The van der Waals surface area contributed by atoms with Crippen molar-refractivity contribution in [1.82, 2.24) is 5.32 Å². The Morgan fingerprint density at radius 1 is 1.17 bits per heavy atom. The van der Waals surface area contributed by atoms with Gasteiger partial charge in [-0.2, -0.15) is 0 Å². The van der Waals surface area contributed by atoms with Gasteiger partial charge in [-0.1, -0.05) is 13.8 Å². The van der Waals surface area contributed by atoms with Gasteiger partial charge in [0.15, 0.2) is 11.5 Å². The van der Waals surface area contributed by atoms with Crippen LogP contribution in [0.2, 0.25) is 0 Å². The molecule has 1 amide bonds. The summed E-state index contributed by atoms with van der Waals surface area (Å²) in [5.41, 5.74) is 7.95. The summed E-state index contributed by atoms with van der Waals surface area (Å²) in [6, 6.07) is 3.17. The van der Waals surface area contributed by atoms with Crippen LogP contribution in [0.15, 0.2) is 12.1 Å². The second-order valence-corrected chi connectivity index (χ2v) is 6.03. The largest absolute Gasteiger partial charge is 0.493 e. The molecule has 0 heterocycles. The molecule has 0 saturated carbocycles. The molecule has 0 spiro atoms. The van der Waals surface area contributed by atoms with E-state index in [-0.39, 0.29) is 24.4 Å². The normalized spacial score (nSPS) is 13.0. The molecule has 0 aliphatic carbocycles. The van der Waals surface area contributed by atoms with E-state index in [4.69, 9.17) is 15.2 Å². The van der Waals surface area contributed by atoms with Crippen molar-refractivity contribution in [2.45, 2.75) is 46.2 Å². The summed E-state index contributed by atoms with van der Waals surface area (Å²) in [5, 5.41) is 2.97. The lowest BCUT2D eigenvalue weighted by molar-refractivity contribution is -0.123. The Hall–Kier alpha value is -1.46. The molecular formula is C17H29ClN2O3. The highest BCUT2D eigenvalue weighted by molar-refractivity contribution is 5.85. The molecule has 1 aromatic rings. The molecule has 1 unspecified atom stereocenters. The third-order valence-electron chi connectivity index (χ3n) is 3.66. The minimum Gasteiger partial charge on any atom is -0.493 e. The van der Waals surface area contributed by atoms with Crippen molar-refractivity contribution in [3.8, 4) is 11.5 Å². The monoisotopic (exact) mass is 344 g/mol. The van der Waals surface area contributed by atoms with Gasteiger partial charge in [0.1, 0.15) is 0 Å². The number of methoxy groups -OCH3 is 2. The highest BCUT2D eigenvalue weighted by atomic mass is 35.5. The van der Waals surface area contributed by atoms with Gasteiger partial charge in [0.2, 0.25) is 5.91 Å². The van der Waals surface area contributed by atoms with Crippen LogP contribution in [0.4, 0.5) is 0 Å². The summed E-state index contributed by atoms with van der Waals surface area (Å²) in [4.78, 5) is 12.2. The van der Waals surface area contributed by atoms with Gasteiger partial charge < -0.3 is 20.5 Å². The van der Waals surface area contributed by atoms with Crippen LogP contribution < -0.4 is 20.5 Å². The number of hydrogen-bond acceptors (Lipinski definition) is 4. The van der Waals surface area contributed by atoms with Crippen molar-refractivity contribution in [1.29, 1.82) is 0 Å². The SMILES string of the molecule is COc1cc(C)c(C(C)NC(=O)[C@@H](N)CC(C)C)cc1OC.Cl. The van der Waals surface area contributed by atoms with Gasteiger partial charge in [-0.25, -0.2) is 0 Å². The number of nitrogens with one attached hydrogen (secondary N) is 1. The van der Waals surface area contributed by atoms with E-state index in [1.807, 2.05) is 26.0 Å². The van der Waals surface area contributed by atoms with Crippen molar-refractivity contribution in [2.75, 3.05) is 14.2 Å². The van der Waals surface area contributed by atoms with E-state index in [0.717, 1.165) is 11.1 Å². The van der Waals surface area contributed by atoms with Crippen molar-refractivity contribution in [2.24, 2.45) is 11.7 Å². The van der Waals surface area contributed by atoms with Crippen molar-refractivity contribution in [3.63, 3.8) is 0 Å². The lowest BCUT2D eigenvalue weighted by Crippen LogP contribution is -2.42. The minimum atomic E-state index is -0.483. The van der Waals surface area contributed by atoms with Gasteiger partial charge >= 0.3 is 0 Å². The number of hydrogen-bond donors (Lipinski definition) is 2. The number of halogens is 1. The van der Waals surface area contributed by atoms with Crippen LogP contribution in [-0.4, -0.2) is 26.2 Å². The highest BCUT2D eigenvalue weighted by Crippen LogP contribution is 2.32. The smallest absolute Gasteiger partial charge is 0.237 e. The van der Waals surface area contributed by atoms with E-state index < -0.39 is 6.04 Å². The molecule has 0 aliphatic heterocycles. The molecule has 3 N–H and O–H groups in total. The highest BCUT2D eigenvalue weighted by Gasteiger charge is 2.20. The molecule has 5 nitrogen and oxygen atoms in total. The molecule has 1 aromatic carbocycles. The molecule has 1 rings (SSSR count). The quantitative estimate of drug-likeness (QED) is 0.797. The average molecular weight is 345 g/mol. The standard InChI is InChI=1S/C17H28N2O3.ClH/c1-10(2)7-14(18)17(20)19-12(4)13-9-16(22-6)15(21-5)8-11(13)3;/h8-10,12,14H,7,18H2,1-6H3,(H,19,20);1H/t12?,14-;/m0./s1. The molecule has 0 bridgehead atoms. The molecule has 6 heteroatoms. The van der Waals surface area contributed by atoms with E-state index in [1.54, 1.807) is 14.2 Å². The van der Waals surface area contributed by atoms with Gasteiger partial charge in [0.05, 0.1) is 26.3 Å². The first-order valence-corrected chi connectivity index (χ1v) is 7.58. The Morgan fingerprint density at radius 2 is 1.70 bits per heavy atom. The Labute approximate surface area is 145 Å². The number of amides is 1. The van der Waals surface area contributed by atoms with Crippen molar-refractivity contribution < 1.29 is 14.3 Å². The molecule has 0 aromatic heterocycles. The molecular weight excluding hydrogens is 316 g/mol. The van der Waals surface area contributed by atoms with Crippen LogP contribution in [0.1, 0.15) is 44.4 Å². The Kier molecular flexibility index (Phi) is 9.02. The molecule has 132 valence electrons. The predicted molar refractivity (Wildman–Crippen MR) is 95.5 cm³/mol. The van der Waals surface area contributed by atoms with E-state index in [2.05, 4.69) is 19.2 Å². The molecule has 23 heavy (non-hydrogen) atoms. The van der Waals surface area contributed by atoms with E-state index >= 15 is 0 Å². The van der Waals surface area contributed by atoms with E-state index in [1.165, 1.54) is 0 Å². The lowest BCUT2D eigenvalue weighted by Gasteiger charge is -2.21. The molecule has 2 atom stereocenters. The average Bonchev–Trinajstić information content (AvgIpc) is 2.45. The second-order valence-electron chi connectivity index (χ2n) is 6.03. The first-order valence-electron chi connectivity index (χ1n) is 7.58. The number of rotatable bonds is 7. The number of nitrogens with two attached hydrogens (primary N) is 1. The summed E-state index contributed by atoms with van der Waals surface area (Å²) in [5.74, 6) is 1.59. The fourth-order valence-corrected chi connectivity index (χ4v) is 2.48. The van der Waals surface area contributed by atoms with Gasteiger partial charge in [-0.15, -0.1) is 12.4 Å². The zero-order chi connectivity index (χ0) is 16.9. The fraction of sp³-hybridized carbons (Fsp3) is 0.588. The van der Waals surface area contributed by atoms with Gasteiger partial charge in [-0.3, -0.25) is 4.79 Å². The van der Waals surface area contributed by atoms with Gasteiger partial charge in [0.25, 0.3) is 0 Å². The summed E-state index contributed by atoms with van der Waals surface area (Å²) in [7, 11) is 3.20. The number of aryl methyl sites for hydroxylation is 1. The lowest BCUT2D eigenvalue weighted by atomic mass is 10.00. The molecule has 0 fully saturated rings. The van der Waals surface area contributed by atoms with Crippen LogP contribution in [0.25, 0.3) is 0 Å². The molecule has 0 aliphatic rings. The minimum absolute atomic E-state index is 0. The number of carbonyl (C=O) groups is 1. The third kappa shape index (κ3) is 5.92. The Morgan fingerprint density at radius 3 is 2.17 bits per heavy atom. The topological polar surface area (TPSA) is 73.6 Å². The molecule has 0 radical (unpaired) electrons. The van der Waals surface area contributed by atoms with Crippen LogP contribution in [0.3, 0.4) is 0 Å². The van der Waals surface area contributed by atoms with Crippen molar-refractivity contribution >= 4 is 18.3 Å². The van der Waals surface area contributed by atoms with E-state index in [9.17, 15) is 4.79 Å². The summed E-state index contributed by atoms with van der Waals surface area (Å²) < 4.78 is 10.6. The summed E-state index contributed by atoms with van der Waals surface area (Å²) in [6.45, 7) is 8.02. The summed E-state index contributed by atoms with van der Waals surface area (Å²) in [6.07, 6.45) is 0.670. The van der Waals surface area contributed by atoms with Crippen LogP contribution in [0, 0.1) is 12.8 Å². The zero-order valence-corrected chi connectivity index (χ0v) is 15.6. The first-order chi connectivity index (χ1) is 10.3. The second kappa shape index (κ2) is 9.63. The zero-order valence-electron chi connectivity index (χ0n) is 14.8.